The van der Waals surface area contributed by atoms with Crippen molar-refractivity contribution >= 4 is 22.1 Å². The minimum absolute atomic E-state index is 0.0282. The number of alkyl halides is 7. The Bertz CT molecular complexity index is 796. The number of hydrogen-bond acceptors (Lipinski definition) is 7. The molecule has 0 aliphatic heterocycles. The Morgan fingerprint density at radius 3 is 1.94 bits per heavy atom. The number of halogens is 8. The van der Waals surface area contributed by atoms with Crippen LogP contribution in [0.2, 0.25) is 0 Å². The van der Waals surface area contributed by atoms with Gasteiger partial charge in [0.2, 0.25) is 5.83 Å². The number of hydrogen-bond donors (Lipinski definition) is 1. The third-order valence-corrected chi connectivity index (χ3v) is 4.47. The van der Waals surface area contributed by atoms with E-state index in [0.717, 1.165) is 0 Å². The summed E-state index contributed by atoms with van der Waals surface area (Å²) < 4.78 is 148. The van der Waals surface area contributed by atoms with Crippen LogP contribution in [0.3, 0.4) is 0 Å². The Kier molecular flexibility index (Phi) is 10.1. The number of esters is 2. The molecule has 0 aromatic rings. The van der Waals surface area contributed by atoms with Crippen molar-refractivity contribution in [3.63, 3.8) is 0 Å². The van der Waals surface area contributed by atoms with Crippen LogP contribution in [0.5, 0.6) is 0 Å². The van der Waals surface area contributed by atoms with Gasteiger partial charge in [0.1, 0.15) is 0 Å². The quantitative estimate of drug-likeness (QED) is 0.1000. The molecule has 0 bridgehead atoms. The second kappa shape index (κ2) is 10.7. The monoisotopic (exact) mass is 510 g/mol. The zero-order valence-electron chi connectivity index (χ0n) is 16.2. The molecule has 0 fully saturated rings. The lowest BCUT2D eigenvalue weighted by molar-refractivity contribution is -0.355. The summed E-state index contributed by atoms with van der Waals surface area (Å²) in [6.07, 6.45) is -9.26. The number of unbranched alkanes of at least 4 members (excludes halogenated alkanes) is 1. The van der Waals surface area contributed by atoms with Gasteiger partial charge in [-0.2, -0.15) is 43.5 Å². The summed E-state index contributed by atoms with van der Waals surface area (Å²) in [6, 6.07) is 0. The summed E-state index contributed by atoms with van der Waals surface area (Å²) in [7, 11) is -6.60. The topological polar surface area (TPSA) is 116 Å². The van der Waals surface area contributed by atoms with E-state index in [1.165, 1.54) is 0 Å². The molecule has 32 heavy (non-hydrogen) atoms. The summed E-state index contributed by atoms with van der Waals surface area (Å²) >= 11 is 0. The van der Waals surface area contributed by atoms with Crippen molar-refractivity contribution in [1.82, 2.24) is 0 Å². The highest BCUT2D eigenvalue weighted by atomic mass is 32.2. The van der Waals surface area contributed by atoms with Gasteiger partial charge in [-0.3, -0.25) is 4.55 Å². The van der Waals surface area contributed by atoms with Crippen LogP contribution in [0.4, 0.5) is 35.1 Å². The van der Waals surface area contributed by atoms with Gasteiger partial charge in [-0.05, 0) is 12.8 Å². The van der Waals surface area contributed by atoms with E-state index in [4.69, 9.17) is 4.55 Å². The molecule has 188 valence electrons. The SMILES string of the molecule is C=C(F)C(=O)OC(OCCCC(F)(F)C(F)(F)S(=O)(=O)O)(C(=O)OCCCC)C(F)(F)F. The van der Waals surface area contributed by atoms with Crippen LogP contribution in [0, 0.1) is 0 Å². The van der Waals surface area contributed by atoms with E-state index in [1.807, 2.05) is 0 Å². The predicted molar refractivity (Wildman–Crippen MR) is 87.6 cm³/mol. The van der Waals surface area contributed by atoms with Crippen LogP contribution >= 0.6 is 0 Å². The average Bonchev–Trinajstić information content (AvgIpc) is 2.61. The third kappa shape index (κ3) is 6.99. The summed E-state index contributed by atoms with van der Waals surface area (Å²) in [5.41, 5.74) is 0. The normalized spacial score (nSPS) is 15.1. The highest BCUT2D eigenvalue weighted by Crippen LogP contribution is 2.42. The molecular formula is C15H18F8O8S. The lowest BCUT2D eigenvalue weighted by Crippen LogP contribution is -2.58. The standard InChI is InChI=1S/C15H18F8O8S/c1-3-4-7-29-11(25)13(14(19,20)21,31-10(24)9(2)16)30-8-5-6-12(17,18)15(22,23)32(26,27)28/h2-8H2,1H3,(H,26,27,28). The minimum atomic E-state index is -6.60. The molecule has 0 saturated heterocycles. The first kappa shape index (κ1) is 30.0. The Morgan fingerprint density at radius 1 is 1.00 bits per heavy atom. The largest absolute Gasteiger partial charge is 0.468 e. The lowest BCUT2D eigenvalue weighted by Gasteiger charge is -2.32. The fourth-order valence-corrected chi connectivity index (χ4v) is 2.30. The van der Waals surface area contributed by atoms with Gasteiger partial charge in [0.15, 0.2) is 0 Å². The zero-order valence-corrected chi connectivity index (χ0v) is 17.0. The van der Waals surface area contributed by atoms with E-state index in [2.05, 4.69) is 20.8 Å². The molecule has 0 rings (SSSR count). The van der Waals surface area contributed by atoms with Crippen molar-refractivity contribution in [2.75, 3.05) is 13.2 Å². The van der Waals surface area contributed by atoms with Crippen molar-refractivity contribution in [3.05, 3.63) is 12.4 Å². The Morgan fingerprint density at radius 2 is 1.53 bits per heavy atom. The minimum Gasteiger partial charge on any atom is -0.461 e. The summed E-state index contributed by atoms with van der Waals surface area (Å²) in [5.74, 6) is -17.1. The molecule has 0 aromatic heterocycles. The van der Waals surface area contributed by atoms with Crippen molar-refractivity contribution in [2.24, 2.45) is 0 Å². The van der Waals surface area contributed by atoms with Gasteiger partial charge in [-0.15, -0.1) is 0 Å². The van der Waals surface area contributed by atoms with Crippen LogP contribution in [-0.4, -0.2) is 61.3 Å². The van der Waals surface area contributed by atoms with Crippen LogP contribution in [0.25, 0.3) is 0 Å². The molecule has 0 heterocycles. The molecule has 17 heteroatoms. The van der Waals surface area contributed by atoms with Gasteiger partial charge in [0.25, 0.3) is 0 Å². The maximum absolute atomic E-state index is 13.5. The lowest BCUT2D eigenvalue weighted by atomic mass is 10.2. The van der Waals surface area contributed by atoms with E-state index in [-0.39, 0.29) is 6.42 Å². The first-order chi connectivity index (χ1) is 14.3. The summed E-state index contributed by atoms with van der Waals surface area (Å²) in [6.45, 7) is 1.60. The molecule has 1 unspecified atom stereocenters. The van der Waals surface area contributed by atoms with Gasteiger partial charge in [0, 0.05) is 6.42 Å². The van der Waals surface area contributed by atoms with Gasteiger partial charge < -0.3 is 14.2 Å². The van der Waals surface area contributed by atoms with Crippen LogP contribution in [0.15, 0.2) is 12.4 Å². The Labute approximate surface area is 176 Å². The van der Waals surface area contributed by atoms with Gasteiger partial charge in [-0.1, -0.05) is 19.9 Å². The van der Waals surface area contributed by atoms with E-state index < -0.39 is 77.1 Å². The fourth-order valence-electron chi connectivity index (χ4n) is 1.82. The highest BCUT2D eigenvalue weighted by Gasteiger charge is 2.68. The van der Waals surface area contributed by atoms with Crippen LogP contribution in [-0.2, 0) is 33.9 Å². The summed E-state index contributed by atoms with van der Waals surface area (Å²) in [5, 5.41) is -6.00. The predicted octanol–water partition coefficient (Wildman–Crippen LogP) is 3.53. The van der Waals surface area contributed by atoms with E-state index in [0.29, 0.717) is 6.42 Å². The highest BCUT2D eigenvalue weighted by molar-refractivity contribution is 7.87. The van der Waals surface area contributed by atoms with Crippen molar-refractivity contribution in [3.8, 4) is 0 Å². The Balaban J connectivity index is 5.73. The second-order valence-electron chi connectivity index (χ2n) is 6.05. The maximum atomic E-state index is 13.5. The summed E-state index contributed by atoms with van der Waals surface area (Å²) in [4.78, 5) is 23.2. The molecule has 0 spiro atoms. The number of rotatable bonds is 13. The number of ether oxygens (including phenoxy) is 3. The molecule has 0 aromatic carbocycles. The van der Waals surface area contributed by atoms with Gasteiger partial charge in [0.05, 0.1) is 13.2 Å². The number of carbonyl (C=O) groups excluding carboxylic acids is 2. The third-order valence-electron chi connectivity index (χ3n) is 3.52. The van der Waals surface area contributed by atoms with Crippen molar-refractivity contribution in [2.45, 2.75) is 55.7 Å². The first-order valence-electron chi connectivity index (χ1n) is 8.45. The Hall–Kier alpha value is -2.01. The fraction of sp³-hybridized carbons (Fsp3) is 0.733. The van der Waals surface area contributed by atoms with Crippen LogP contribution in [0.1, 0.15) is 32.6 Å². The van der Waals surface area contributed by atoms with E-state index in [9.17, 15) is 53.1 Å². The van der Waals surface area contributed by atoms with Gasteiger partial charge >= 0.3 is 45.2 Å². The van der Waals surface area contributed by atoms with Gasteiger partial charge in [-0.25, -0.2) is 9.59 Å². The molecule has 0 aliphatic carbocycles. The first-order valence-corrected chi connectivity index (χ1v) is 9.89. The molecule has 0 radical (unpaired) electrons. The molecule has 0 amide bonds. The molecule has 8 nitrogen and oxygen atoms in total. The average molecular weight is 510 g/mol. The van der Waals surface area contributed by atoms with Crippen molar-refractivity contribution < 1.29 is 71.9 Å². The number of carbonyl (C=O) groups is 2. The van der Waals surface area contributed by atoms with E-state index in [1.54, 1.807) is 6.92 Å². The molecule has 1 atom stereocenters. The smallest absolute Gasteiger partial charge is 0.461 e. The maximum Gasteiger partial charge on any atom is 0.468 e. The van der Waals surface area contributed by atoms with E-state index >= 15 is 0 Å². The molecule has 0 saturated carbocycles. The van der Waals surface area contributed by atoms with Crippen LogP contribution < -0.4 is 0 Å². The molecule has 1 N–H and O–H groups in total. The second-order valence-corrected chi connectivity index (χ2v) is 7.51. The molecular weight excluding hydrogens is 492 g/mol. The van der Waals surface area contributed by atoms with Crippen molar-refractivity contribution in [1.29, 1.82) is 0 Å². The zero-order chi connectivity index (χ0) is 25.6. The molecule has 0 aliphatic rings.